The van der Waals surface area contributed by atoms with E-state index in [1.807, 2.05) is 30.3 Å². The van der Waals surface area contributed by atoms with Crippen molar-refractivity contribution in [1.82, 2.24) is 9.55 Å². The van der Waals surface area contributed by atoms with Crippen molar-refractivity contribution in [1.29, 1.82) is 0 Å². The van der Waals surface area contributed by atoms with Crippen LogP contribution in [0.25, 0.3) is 11.0 Å². The third-order valence-electron chi connectivity index (χ3n) is 3.75. The van der Waals surface area contributed by atoms with Crippen LogP contribution in [0.3, 0.4) is 0 Å². The van der Waals surface area contributed by atoms with Gasteiger partial charge in [0.1, 0.15) is 11.6 Å². The second-order valence-corrected chi connectivity index (χ2v) is 5.43. The van der Waals surface area contributed by atoms with Crippen LogP contribution in [0.5, 0.6) is 5.75 Å². The lowest BCUT2D eigenvalue weighted by molar-refractivity contribution is 0.303. The highest BCUT2D eigenvalue weighted by atomic mass is 16.5. The number of anilines is 1. The molecule has 2 N–H and O–H groups in total. The van der Waals surface area contributed by atoms with E-state index in [4.69, 9.17) is 10.5 Å². The lowest BCUT2D eigenvalue weighted by Crippen LogP contribution is -2.04. The molecule has 114 valence electrons. The maximum absolute atomic E-state index is 5.73. The van der Waals surface area contributed by atoms with E-state index >= 15 is 0 Å². The van der Waals surface area contributed by atoms with Crippen molar-refractivity contribution in [2.75, 3.05) is 12.3 Å². The van der Waals surface area contributed by atoms with Gasteiger partial charge in [0.15, 0.2) is 0 Å². The lowest BCUT2D eigenvalue weighted by atomic mass is 10.3. The van der Waals surface area contributed by atoms with Gasteiger partial charge in [0, 0.05) is 18.3 Å². The molecule has 0 amide bonds. The average molecular weight is 295 g/mol. The first kappa shape index (κ1) is 14.4. The summed E-state index contributed by atoms with van der Waals surface area (Å²) in [5.41, 5.74) is 8.74. The van der Waals surface area contributed by atoms with Gasteiger partial charge in [0.2, 0.25) is 0 Å². The van der Waals surface area contributed by atoms with Gasteiger partial charge in [-0.2, -0.15) is 0 Å². The number of aryl methyl sites for hydroxylation is 2. The van der Waals surface area contributed by atoms with Gasteiger partial charge in [0.05, 0.1) is 17.6 Å². The van der Waals surface area contributed by atoms with Crippen LogP contribution in [-0.2, 0) is 6.54 Å². The molecular formula is C18H21N3O. The molecule has 0 saturated carbocycles. The predicted octanol–water partition coefficient (Wildman–Crippen LogP) is 3.79. The molecule has 0 aliphatic heterocycles. The highest BCUT2D eigenvalue weighted by molar-refractivity contribution is 5.75. The molecule has 3 rings (SSSR count). The number of hydrogen-bond donors (Lipinski definition) is 1. The first-order valence-electron chi connectivity index (χ1n) is 7.64. The van der Waals surface area contributed by atoms with Gasteiger partial charge in [-0.3, -0.25) is 0 Å². The molecular weight excluding hydrogens is 274 g/mol. The minimum Gasteiger partial charge on any atom is -0.494 e. The fraction of sp³-hybridized carbons (Fsp3) is 0.278. The maximum atomic E-state index is 5.73. The molecule has 0 atom stereocenters. The molecule has 1 aromatic heterocycles. The fourth-order valence-electron chi connectivity index (χ4n) is 2.64. The van der Waals surface area contributed by atoms with E-state index in [-0.39, 0.29) is 0 Å². The standard InChI is InChI=1S/C18H21N3O/c1-14-20-17-9-2-3-10-18(17)21(14)11-4-5-12-22-16-8-6-7-15(19)13-16/h2-3,6-10,13H,4-5,11-12,19H2,1H3. The zero-order chi connectivity index (χ0) is 15.4. The van der Waals surface area contributed by atoms with Crippen LogP contribution in [-0.4, -0.2) is 16.2 Å². The second kappa shape index (κ2) is 6.52. The highest BCUT2D eigenvalue weighted by Gasteiger charge is 2.05. The number of fused-ring (bicyclic) bond motifs is 1. The number of ether oxygens (including phenoxy) is 1. The van der Waals surface area contributed by atoms with Gasteiger partial charge in [-0.25, -0.2) is 4.98 Å². The highest BCUT2D eigenvalue weighted by Crippen LogP contribution is 2.17. The van der Waals surface area contributed by atoms with Crippen molar-refractivity contribution < 1.29 is 4.74 Å². The number of aromatic nitrogens is 2. The Bertz CT molecular complexity index is 764. The number of hydrogen-bond acceptors (Lipinski definition) is 3. The summed E-state index contributed by atoms with van der Waals surface area (Å²) >= 11 is 0. The quantitative estimate of drug-likeness (QED) is 0.556. The van der Waals surface area contributed by atoms with Gasteiger partial charge in [-0.15, -0.1) is 0 Å². The minimum atomic E-state index is 0.704. The summed E-state index contributed by atoms with van der Waals surface area (Å²) in [5, 5.41) is 0. The minimum absolute atomic E-state index is 0.704. The van der Waals surface area contributed by atoms with Crippen molar-refractivity contribution in [3.8, 4) is 5.75 Å². The number of rotatable bonds is 6. The maximum Gasteiger partial charge on any atom is 0.121 e. The number of nitrogens with zero attached hydrogens (tertiary/aromatic N) is 2. The SMILES string of the molecule is Cc1nc2ccccc2n1CCCCOc1cccc(N)c1. The first-order chi connectivity index (χ1) is 10.7. The van der Waals surface area contributed by atoms with Crippen LogP contribution in [0, 0.1) is 6.92 Å². The zero-order valence-corrected chi connectivity index (χ0v) is 12.8. The van der Waals surface area contributed by atoms with E-state index in [9.17, 15) is 0 Å². The molecule has 4 nitrogen and oxygen atoms in total. The Hall–Kier alpha value is -2.49. The van der Waals surface area contributed by atoms with E-state index in [0.717, 1.165) is 42.2 Å². The lowest BCUT2D eigenvalue weighted by Gasteiger charge is -2.08. The number of nitrogen functional groups attached to an aromatic ring is 1. The van der Waals surface area contributed by atoms with Crippen molar-refractivity contribution in [3.63, 3.8) is 0 Å². The number of imidazole rings is 1. The van der Waals surface area contributed by atoms with Crippen LogP contribution in [0.1, 0.15) is 18.7 Å². The van der Waals surface area contributed by atoms with Gasteiger partial charge in [-0.1, -0.05) is 18.2 Å². The Morgan fingerprint density at radius 3 is 2.82 bits per heavy atom. The molecule has 0 radical (unpaired) electrons. The van der Waals surface area contributed by atoms with Crippen molar-refractivity contribution in [2.45, 2.75) is 26.3 Å². The molecule has 0 fully saturated rings. The van der Waals surface area contributed by atoms with E-state index in [1.54, 1.807) is 0 Å². The Balaban J connectivity index is 1.51. The van der Waals surface area contributed by atoms with Crippen molar-refractivity contribution in [3.05, 3.63) is 54.4 Å². The molecule has 22 heavy (non-hydrogen) atoms. The Labute approximate surface area is 130 Å². The van der Waals surface area contributed by atoms with E-state index in [0.29, 0.717) is 6.61 Å². The molecule has 3 aromatic rings. The first-order valence-corrected chi connectivity index (χ1v) is 7.64. The number of para-hydroxylation sites is 2. The second-order valence-electron chi connectivity index (χ2n) is 5.43. The summed E-state index contributed by atoms with van der Waals surface area (Å²) in [6, 6.07) is 15.8. The molecule has 4 heteroatoms. The van der Waals surface area contributed by atoms with E-state index in [1.165, 1.54) is 5.52 Å². The van der Waals surface area contributed by atoms with E-state index < -0.39 is 0 Å². The van der Waals surface area contributed by atoms with Gasteiger partial charge < -0.3 is 15.0 Å². The Morgan fingerprint density at radius 2 is 1.95 bits per heavy atom. The molecule has 1 heterocycles. The summed E-state index contributed by atoms with van der Waals surface area (Å²) in [7, 11) is 0. The molecule has 0 saturated heterocycles. The third kappa shape index (κ3) is 3.22. The zero-order valence-electron chi connectivity index (χ0n) is 12.8. The van der Waals surface area contributed by atoms with Crippen molar-refractivity contribution in [2.24, 2.45) is 0 Å². The van der Waals surface area contributed by atoms with Crippen LogP contribution < -0.4 is 10.5 Å². The van der Waals surface area contributed by atoms with Crippen LogP contribution >= 0.6 is 0 Å². The smallest absolute Gasteiger partial charge is 0.121 e. The summed E-state index contributed by atoms with van der Waals surface area (Å²) in [6.07, 6.45) is 2.06. The summed E-state index contributed by atoms with van der Waals surface area (Å²) in [4.78, 5) is 4.59. The summed E-state index contributed by atoms with van der Waals surface area (Å²) in [5.74, 6) is 1.90. The monoisotopic (exact) mass is 295 g/mol. The van der Waals surface area contributed by atoms with Crippen LogP contribution in [0.2, 0.25) is 0 Å². The molecule has 0 unspecified atom stereocenters. The fourth-order valence-corrected chi connectivity index (χ4v) is 2.64. The van der Waals surface area contributed by atoms with Crippen molar-refractivity contribution >= 4 is 16.7 Å². The molecule has 0 aliphatic carbocycles. The van der Waals surface area contributed by atoms with E-state index in [2.05, 4.69) is 34.7 Å². The third-order valence-corrected chi connectivity index (χ3v) is 3.75. The molecule has 0 aliphatic rings. The number of nitrogens with two attached hydrogens (primary N) is 1. The normalized spacial score (nSPS) is 11.0. The molecule has 0 bridgehead atoms. The molecule has 0 spiro atoms. The molecule has 2 aromatic carbocycles. The summed E-state index contributed by atoms with van der Waals surface area (Å²) < 4.78 is 7.99. The Morgan fingerprint density at radius 1 is 1.09 bits per heavy atom. The topological polar surface area (TPSA) is 53.1 Å². The average Bonchev–Trinajstić information content (AvgIpc) is 2.83. The largest absolute Gasteiger partial charge is 0.494 e. The van der Waals surface area contributed by atoms with Gasteiger partial charge >= 0.3 is 0 Å². The Kier molecular flexibility index (Phi) is 4.28. The number of unbranched alkanes of at least 4 members (excludes halogenated alkanes) is 1. The number of benzene rings is 2. The summed E-state index contributed by atoms with van der Waals surface area (Å²) in [6.45, 7) is 3.73. The van der Waals surface area contributed by atoms with Gasteiger partial charge in [-0.05, 0) is 44.0 Å². The predicted molar refractivity (Wildman–Crippen MR) is 90.1 cm³/mol. The van der Waals surface area contributed by atoms with Crippen LogP contribution in [0.4, 0.5) is 5.69 Å². The van der Waals surface area contributed by atoms with Gasteiger partial charge in [0.25, 0.3) is 0 Å². The van der Waals surface area contributed by atoms with Crippen LogP contribution in [0.15, 0.2) is 48.5 Å².